The molecule has 0 spiro atoms. The molecule has 5 heteroatoms. The maximum absolute atomic E-state index is 12.0. The van der Waals surface area contributed by atoms with Gasteiger partial charge in [-0.3, -0.25) is 4.79 Å². The summed E-state index contributed by atoms with van der Waals surface area (Å²) in [6, 6.07) is 3.52. The fraction of sp³-hybridized carbons (Fsp3) is 0.462. The third kappa shape index (κ3) is 4.49. The normalized spacial score (nSPS) is 11.6. The van der Waals surface area contributed by atoms with Crippen molar-refractivity contribution in [1.29, 1.82) is 0 Å². The van der Waals surface area contributed by atoms with Crippen LogP contribution in [0.2, 0.25) is 0 Å². The van der Waals surface area contributed by atoms with E-state index < -0.39 is 6.10 Å². The third-order valence-corrected chi connectivity index (χ3v) is 3.14. The van der Waals surface area contributed by atoms with Gasteiger partial charge in [0.2, 0.25) is 0 Å². The summed E-state index contributed by atoms with van der Waals surface area (Å²) in [5.41, 5.74) is 0. The van der Waals surface area contributed by atoms with Gasteiger partial charge in [0.05, 0.1) is 22.5 Å². The van der Waals surface area contributed by atoms with Crippen LogP contribution in [0.3, 0.4) is 0 Å². The van der Waals surface area contributed by atoms with Crippen LogP contribution < -0.4 is 0 Å². The Morgan fingerprint density at radius 3 is 2.89 bits per heavy atom. The number of carbonyl (C=O) groups is 1. The number of aliphatic hydroxyl groups excluding tert-OH is 2. The molecule has 0 radical (unpaired) electrons. The summed E-state index contributed by atoms with van der Waals surface area (Å²) in [5, 5.41) is 17.8. The van der Waals surface area contributed by atoms with Crippen LogP contribution in [0.25, 0.3) is 0 Å². The number of nitrogens with zero attached hydrogens (tertiary/aromatic N) is 1. The highest BCUT2D eigenvalue weighted by molar-refractivity contribution is 7.14. The standard InChI is InChI=1S/C13H17NO3S/c1-10(16)9-14(2)13(17)12-7-6-11(18-12)5-3-4-8-15/h6-7,10,15-16H,4,8-9H2,1-2H3. The van der Waals surface area contributed by atoms with Gasteiger partial charge in [0.25, 0.3) is 5.91 Å². The number of hydrogen-bond acceptors (Lipinski definition) is 4. The summed E-state index contributed by atoms with van der Waals surface area (Å²) in [5.74, 6) is 5.58. The number of rotatable bonds is 4. The Morgan fingerprint density at radius 2 is 2.28 bits per heavy atom. The number of thiophene rings is 1. The molecule has 0 saturated heterocycles. The summed E-state index contributed by atoms with van der Waals surface area (Å²) in [4.78, 5) is 14.9. The first-order valence-electron chi connectivity index (χ1n) is 5.67. The second-order valence-corrected chi connectivity index (χ2v) is 5.06. The molecule has 4 nitrogen and oxygen atoms in total. The molecule has 0 fully saturated rings. The molecule has 1 amide bonds. The van der Waals surface area contributed by atoms with E-state index in [1.165, 1.54) is 16.2 Å². The van der Waals surface area contributed by atoms with E-state index in [0.29, 0.717) is 17.8 Å². The summed E-state index contributed by atoms with van der Waals surface area (Å²) in [6.45, 7) is 1.99. The predicted molar refractivity (Wildman–Crippen MR) is 71.5 cm³/mol. The van der Waals surface area contributed by atoms with E-state index in [-0.39, 0.29) is 12.5 Å². The Bertz CT molecular complexity index is 456. The summed E-state index contributed by atoms with van der Waals surface area (Å²) in [6.07, 6.45) is -0.105. The molecule has 1 heterocycles. The minimum atomic E-state index is -0.539. The molecule has 0 aliphatic carbocycles. The maximum Gasteiger partial charge on any atom is 0.263 e. The van der Waals surface area contributed by atoms with Gasteiger partial charge in [0.15, 0.2) is 0 Å². The molecule has 0 aromatic carbocycles. The van der Waals surface area contributed by atoms with Crippen molar-refractivity contribution < 1.29 is 15.0 Å². The van der Waals surface area contributed by atoms with Gasteiger partial charge in [0.1, 0.15) is 0 Å². The van der Waals surface area contributed by atoms with Crippen molar-refractivity contribution in [2.24, 2.45) is 0 Å². The molecule has 0 saturated carbocycles. The molecule has 1 aromatic heterocycles. The maximum atomic E-state index is 12.0. The zero-order valence-electron chi connectivity index (χ0n) is 10.5. The van der Waals surface area contributed by atoms with E-state index in [4.69, 9.17) is 5.11 Å². The smallest absolute Gasteiger partial charge is 0.263 e. The van der Waals surface area contributed by atoms with Crippen molar-refractivity contribution in [2.45, 2.75) is 19.4 Å². The quantitative estimate of drug-likeness (QED) is 0.798. The molecule has 18 heavy (non-hydrogen) atoms. The van der Waals surface area contributed by atoms with Crippen molar-refractivity contribution >= 4 is 17.2 Å². The fourth-order valence-electron chi connectivity index (χ4n) is 1.39. The molecule has 2 N–H and O–H groups in total. The molecule has 0 bridgehead atoms. The van der Waals surface area contributed by atoms with Crippen LogP contribution in [0.15, 0.2) is 12.1 Å². The average Bonchev–Trinajstić information content (AvgIpc) is 2.76. The van der Waals surface area contributed by atoms with Gasteiger partial charge in [0, 0.05) is 20.0 Å². The van der Waals surface area contributed by atoms with Crippen LogP contribution in [0.5, 0.6) is 0 Å². The first-order valence-corrected chi connectivity index (χ1v) is 6.49. The number of amides is 1. The summed E-state index contributed by atoms with van der Waals surface area (Å²) >= 11 is 1.32. The Labute approximate surface area is 111 Å². The van der Waals surface area contributed by atoms with Crippen molar-refractivity contribution in [3.63, 3.8) is 0 Å². The lowest BCUT2D eigenvalue weighted by atomic mass is 10.3. The van der Waals surface area contributed by atoms with Crippen LogP contribution >= 0.6 is 11.3 Å². The van der Waals surface area contributed by atoms with Crippen molar-refractivity contribution in [2.75, 3.05) is 20.2 Å². The van der Waals surface area contributed by atoms with Gasteiger partial charge in [-0.15, -0.1) is 11.3 Å². The highest BCUT2D eigenvalue weighted by Crippen LogP contribution is 2.17. The van der Waals surface area contributed by atoms with Gasteiger partial charge in [-0.2, -0.15) is 0 Å². The van der Waals surface area contributed by atoms with E-state index in [0.717, 1.165) is 4.88 Å². The fourth-order valence-corrected chi connectivity index (χ4v) is 2.27. The highest BCUT2D eigenvalue weighted by Gasteiger charge is 2.15. The summed E-state index contributed by atoms with van der Waals surface area (Å²) < 4.78 is 0. The number of hydrogen-bond donors (Lipinski definition) is 2. The van der Waals surface area contributed by atoms with Gasteiger partial charge >= 0.3 is 0 Å². The highest BCUT2D eigenvalue weighted by atomic mass is 32.1. The SMILES string of the molecule is CC(O)CN(C)C(=O)c1ccc(C#CCCO)s1. The molecular formula is C13H17NO3S. The van der Waals surface area contributed by atoms with E-state index in [1.807, 2.05) is 0 Å². The Balaban J connectivity index is 2.68. The molecular weight excluding hydrogens is 250 g/mol. The monoisotopic (exact) mass is 267 g/mol. The Morgan fingerprint density at radius 1 is 1.56 bits per heavy atom. The molecule has 1 atom stereocenters. The largest absolute Gasteiger partial charge is 0.395 e. The lowest BCUT2D eigenvalue weighted by Gasteiger charge is -2.17. The third-order valence-electron chi connectivity index (χ3n) is 2.15. The van der Waals surface area contributed by atoms with Gasteiger partial charge < -0.3 is 15.1 Å². The van der Waals surface area contributed by atoms with Crippen LogP contribution in [0, 0.1) is 11.8 Å². The minimum Gasteiger partial charge on any atom is -0.395 e. The van der Waals surface area contributed by atoms with Crippen LogP contribution in [0.4, 0.5) is 0 Å². The zero-order chi connectivity index (χ0) is 13.5. The van der Waals surface area contributed by atoms with E-state index >= 15 is 0 Å². The minimum absolute atomic E-state index is 0.0429. The first kappa shape index (κ1) is 14.7. The number of carbonyl (C=O) groups excluding carboxylic acids is 1. The van der Waals surface area contributed by atoms with Gasteiger partial charge in [-0.25, -0.2) is 0 Å². The molecule has 0 aliphatic rings. The Kier molecular flexibility index (Phi) is 5.86. The van der Waals surface area contributed by atoms with Crippen molar-refractivity contribution in [1.82, 2.24) is 4.90 Å². The molecule has 1 rings (SSSR count). The topological polar surface area (TPSA) is 60.8 Å². The molecule has 98 valence electrons. The second-order valence-electron chi connectivity index (χ2n) is 3.97. The number of likely N-dealkylation sites (N-methyl/N-ethyl adjacent to an activating group) is 1. The van der Waals surface area contributed by atoms with Gasteiger partial charge in [-0.1, -0.05) is 11.8 Å². The van der Waals surface area contributed by atoms with E-state index in [9.17, 15) is 9.90 Å². The molecule has 1 unspecified atom stereocenters. The van der Waals surface area contributed by atoms with Crippen LogP contribution in [-0.2, 0) is 0 Å². The van der Waals surface area contributed by atoms with E-state index in [2.05, 4.69) is 11.8 Å². The number of aliphatic hydroxyl groups is 2. The summed E-state index contributed by atoms with van der Waals surface area (Å²) in [7, 11) is 1.66. The van der Waals surface area contributed by atoms with Crippen molar-refractivity contribution in [3.05, 3.63) is 21.9 Å². The molecule has 1 aromatic rings. The van der Waals surface area contributed by atoms with Crippen LogP contribution in [0.1, 0.15) is 27.9 Å². The lowest BCUT2D eigenvalue weighted by Crippen LogP contribution is -2.32. The second kappa shape index (κ2) is 7.17. The predicted octanol–water partition coefficient (Wildman–Crippen LogP) is 0.935. The Hall–Kier alpha value is -1.35. The van der Waals surface area contributed by atoms with Gasteiger partial charge in [-0.05, 0) is 19.1 Å². The molecule has 0 aliphatic heterocycles. The van der Waals surface area contributed by atoms with E-state index in [1.54, 1.807) is 26.1 Å². The average molecular weight is 267 g/mol. The van der Waals surface area contributed by atoms with Crippen molar-refractivity contribution in [3.8, 4) is 11.8 Å². The zero-order valence-corrected chi connectivity index (χ0v) is 11.3. The van der Waals surface area contributed by atoms with Crippen LogP contribution in [-0.4, -0.2) is 47.3 Å². The first-order chi connectivity index (χ1) is 8.54. The lowest BCUT2D eigenvalue weighted by molar-refractivity contribution is 0.0708.